The van der Waals surface area contributed by atoms with Crippen LogP contribution in [-0.4, -0.2) is 10.8 Å². The lowest BCUT2D eigenvalue weighted by Crippen LogP contribution is -2.23. The number of rotatable bonds is 4. The minimum atomic E-state index is -0.463. The van der Waals surface area contributed by atoms with E-state index < -0.39 is 4.92 Å². The monoisotopic (exact) mass is 285 g/mol. The topological polar surface area (TPSA) is 98.3 Å². The molecule has 0 spiro atoms. The van der Waals surface area contributed by atoms with Gasteiger partial charge in [0.15, 0.2) is 0 Å². The second-order valence-corrected chi connectivity index (χ2v) is 4.70. The van der Waals surface area contributed by atoms with Crippen LogP contribution >= 0.6 is 0 Å². The summed E-state index contributed by atoms with van der Waals surface area (Å²) in [5, 5.41) is 13.3. The van der Waals surface area contributed by atoms with Gasteiger partial charge in [-0.15, -0.1) is 0 Å². The van der Waals surface area contributed by atoms with E-state index in [0.29, 0.717) is 11.3 Å². The quantitative estimate of drug-likeness (QED) is 0.512. The highest BCUT2D eigenvalue weighted by atomic mass is 16.6. The van der Waals surface area contributed by atoms with Gasteiger partial charge in [0.2, 0.25) is 0 Å². The van der Waals surface area contributed by atoms with Gasteiger partial charge in [-0.25, -0.2) is 0 Å². The van der Waals surface area contributed by atoms with Crippen LogP contribution in [-0.2, 0) is 6.54 Å². The summed E-state index contributed by atoms with van der Waals surface area (Å²) in [5.74, 6) is -0.272. The third kappa shape index (κ3) is 3.56. The second kappa shape index (κ2) is 6.04. The molecule has 0 fully saturated rings. The highest BCUT2D eigenvalue weighted by Gasteiger charge is 2.10. The molecule has 6 heteroatoms. The van der Waals surface area contributed by atoms with E-state index in [9.17, 15) is 14.9 Å². The number of benzene rings is 2. The Hall–Kier alpha value is -2.89. The highest BCUT2D eigenvalue weighted by Crippen LogP contribution is 2.15. The van der Waals surface area contributed by atoms with Crippen LogP contribution < -0.4 is 11.1 Å². The molecule has 21 heavy (non-hydrogen) atoms. The molecule has 0 aliphatic rings. The summed E-state index contributed by atoms with van der Waals surface area (Å²) < 4.78 is 0. The molecule has 108 valence electrons. The summed E-state index contributed by atoms with van der Waals surface area (Å²) in [4.78, 5) is 22.1. The number of aryl methyl sites for hydroxylation is 1. The van der Waals surface area contributed by atoms with E-state index in [0.717, 1.165) is 11.1 Å². The molecule has 0 bridgehead atoms. The van der Waals surface area contributed by atoms with Crippen LogP contribution in [0, 0.1) is 17.0 Å². The Morgan fingerprint density at radius 1 is 1.24 bits per heavy atom. The summed E-state index contributed by atoms with van der Waals surface area (Å²) in [6.07, 6.45) is 0. The number of nitrogens with two attached hydrogens (primary N) is 1. The van der Waals surface area contributed by atoms with Crippen molar-refractivity contribution in [1.29, 1.82) is 0 Å². The number of non-ortho nitro benzene ring substituents is 1. The van der Waals surface area contributed by atoms with E-state index in [1.54, 1.807) is 24.3 Å². The van der Waals surface area contributed by atoms with E-state index in [1.807, 2.05) is 13.0 Å². The number of nitro benzene ring substituents is 1. The highest BCUT2D eigenvalue weighted by molar-refractivity contribution is 5.99. The van der Waals surface area contributed by atoms with Crippen molar-refractivity contribution >= 4 is 17.3 Å². The van der Waals surface area contributed by atoms with E-state index in [1.165, 1.54) is 12.1 Å². The SMILES string of the molecule is Cc1ccc(C(=O)NCc2ccc([N+](=O)[O-])cc2)c(N)c1. The van der Waals surface area contributed by atoms with Crippen LogP contribution in [0.3, 0.4) is 0 Å². The number of hydrogen-bond donors (Lipinski definition) is 2. The number of anilines is 1. The number of amides is 1. The molecule has 2 aromatic carbocycles. The molecule has 0 radical (unpaired) electrons. The average Bonchev–Trinajstić information content (AvgIpc) is 2.45. The molecule has 2 aromatic rings. The van der Waals surface area contributed by atoms with Crippen molar-refractivity contribution in [1.82, 2.24) is 5.32 Å². The van der Waals surface area contributed by atoms with Crippen LogP contribution in [0.25, 0.3) is 0 Å². The maximum absolute atomic E-state index is 12.0. The zero-order valence-corrected chi connectivity index (χ0v) is 11.5. The molecule has 6 nitrogen and oxygen atoms in total. The van der Waals surface area contributed by atoms with Crippen molar-refractivity contribution in [2.45, 2.75) is 13.5 Å². The fourth-order valence-corrected chi connectivity index (χ4v) is 1.90. The van der Waals surface area contributed by atoms with Crippen molar-refractivity contribution in [2.24, 2.45) is 0 Å². The van der Waals surface area contributed by atoms with Gasteiger partial charge in [-0.3, -0.25) is 14.9 Å². The summed E-state index contributed by atoms with van der Waals surface area (Å²) >= 11 is 0. The van der Waals surface area contributed by atoms with Crippen molar-refractivity contribution in [2.75, 3.05) is 5.73 Å². The Morgan fingerprint density at radius 3 is 2.48 bits per heavy atom. The molecular formula is C15H15N3O3. The van der Waals surface area contributed by atoms with Gasteiger partial charge in [0.05, 0.1) is 10.5 Å². The summed E-state index contributed by atoms with van der Waals surface area (Å²) in [7, 11) is 0. The predicted molar refractivity (Wildman–Crippen MR) is 79.9 cm³/mol. The maximum atomic E-state index is 12.0. The molecule has 0 saturated carbocycles. The first-order valence-electron chi connectivity index (χ1n) is 6.35. The van der Waals surface area contributed by atoms with E-state index in [-0.39, 0.29) is 18.1 Å². The van der Waals surface area contributed by atoms with Crippen LogP contribution in [0.2, 0.25) is 0 Å². The van der Waals surface area contributed by atoms with Gasteiger partial charge in [-0.1, -0.05) is 18.2 Å². The molecule has 0 aliphatic carbocycles. The standard InChI is InChI=1S/C15H15N3O3/c1-10-2-7-13(14(16)8-10)15(19)17-9-11-3-5-12(6-4-11)18(20)21/h2-8H,9,16H2,1H3,(H,17,19). The summed E-state index contributed by atoms with van der Waals surface area (Å²) in [6, 6.07) is 11.3. The van der Waals surface area contributed by atoms with Gasteiger partial charge in [-0.05, 0) is 30.2 Å². The largest absolute Gasteiger partial charge is 0.398 e. The molecule has 3 N–H and O–H groups in total. The molecule has 0 saturated heterocycles. The normalized spacial score (nSPS) is 10.1. The fourth-order valence-electron chi connectivity index (χ4n) is 1.90. The van der Waals surface area contributed by atoms with E-state index in [4.69, 9.17) is 5.73 Å². The summed E-state index contributed by atoms with van der Waals surface area (Å²) in [5.41, 5.74) is 8.44. The maximum Gasteiger partial charge on any atom is 0.269 e. The molecule has 0 atom stereocenters. The Labute approximate surface area is 121 Å². The Morgan fingerprint density at radius 2 is 1.90 bits per heavy atom. The lowest BCUT2D eigenvalue weighted by Gasteiger charge is -2.08. The van der Waals surface area contributed by atoms with Gasteiger partial charge in [-0.2, -0.15) is 0 Å². The number of nitrogen functional groups attached to an aromatic ring is 1. The molecule has 2 rings (SSSR count). The van der Waals surface area contributed by atoms with Crippen molar-refractivity contribution < 1.29 is 9.72 Å². The van der Waals surface area contributed by atoms with Crippen LogP contribution in [0.15, 0.2) is 42.5 Å². The van der Waals surface area contributed by atoms with Crippen LogP contribution in [0.5, 0.6) is 0 Å². The first-order valence-corrected chi connectivity index (χ1v) is 6.35. The van der Waals surface area contributed by atoms with E-state index >= 15 is 0 Å². The van der Waals surface area contributed by atoms with Gasteiger partial charge < -0.3 is 11.1 Å². The summed E-state index contributed by atoms with van der Waals surface area (Å²) in [6.45, 7) is 2.18. The van der Waals surface area contributed by atoms with E-state index in [2.05, 4.69) is 5.32 Å². The fraction of sp³-hybridized carbons (Fsp3) is 0.133. The molecule has 0 unspecified atom stereocenters. The molecule has 1 amide bonds. The first kappa shape index (κ1) is 14.5. The number of nitro groups is 1. The van der Waals surface area contributed by atoms with Crippen LogP contribution in [0.4, 0.5) is 11.4 Å². The Kier molecular flexibility index (Phi) is 4.18. The Bertz CT molecular complexity index is 681. The third-order valence-corrected chi connectivity index (χ3v) is 3.05. The van der Waals surface area contributed by atoms with Gasteiger partial charge in [0, 0.05) is 24.4 Å². The van der Waals surface area contributed by atoms with Crippen molar-refractivity contribution in [3.05, 3.63) is 69.3 Å². The molecule has 0 heterocycles. The lowest BCUT2D eigenvalue weighted by atomic mass is 10.1. The molecular weight excluding hydrogens is 270 g/mol. The molecule has 0 aliphatic heterocycles. The zero-order valence-electron chi connectivity index (χ0n) is 11.5. The second-order valence-electron chi connectivity index (χ2n) is 4.70. The van der Waals surface area contributed by atoms with Gasteiger partial charge in [0.1, 0.15) is 0 Å². The third-order valence-electron chi connectivity index (χ3n) is 3.05. The van der Waals surface area contributed by atoms with Gasteiger partial charge >= 0.3 is 0 Å². The van der Waals surface area contributed by atoms with Crippen molar-refractivity contribution in [3.63, 3.8) is 0 Å². The minimum absolute atomic E-state index is 0.0212. The minimum Gasteiger partial charge on any atom is -0.398 e. The predicted octanol–water partition coefficient (Wildman–Crippen LogP) is 2.42. The Balaban J connectivity index is 2.02. The lowest BCUT2D eigenvalue weighted by molar-refractivity contribution is -0.384. The number of carbonyl (C=O) groups excluding carboxylic acids is 1. The first-order chi connectivity index (χ1) is 9.97. The number of hydrogen-bond acceptors (Lipinski definition) is 4. The number of nitrogens with one attached hydrogen (secondary N) is 1. The smallest absolute Gasteiger partial charge is 0.269 e. The molecule has 0 aromatic heterocycles. The number of carbonyl (C=O) groups is 1. The van der Waals surface area contributed by atoms with Crippen molar-refractivity contribution in [3.8, 4) is 0 Å². The van der Waals surface area contributed by atoms with Crippen LogP contribution in [0.1, 0.15) is 21.5 Å². The zero-order chi connectivity index (χ0) is 15.4. The van der Waals surface area contributed by atoms with Gasteiger partial charge in [0.25, 0.3) is 11.6 Å². The average molecular weight is 285 g/mol. The number of nitrogens with zero attached hydrogens (tertiary/aromatic N) is 1.